The second kappa shape index (κ2) is 7.22. The van der Waals surface area contributed by atoms with Gasteiger partial charge >= 0.3 is 11.9 Å². The van der Waals surface area contributed by atoms with Gasteiger partial charge in [-0.15, -0.1) is 0 Å². The van der Waals surface area contributed by atoms with E-state index in [4.69, 9.17) is 0 Å². The van der Waals surface area contributed by atoms with Gasteiger partial charge in [0, 0.05) is 44.7 Å². The SMILES string of the molecule is O=[N+]([O-])c1cc([C@@H](CCC(F)(F)F)N2CCNCC2)ccc1F. The van der Waals surface area contributed by atoms with Gasteiger partial charge in [0.2, 0.25) is 5.82 Å². The number of hydrogen-bond acceptors (Lipinski definition) is 4. The van der Waals surface area contributed by atoms with Gasteiger partial charge in [-0.3, -0.25) is 15.0 Å². The Labute approximate surface area is 130 Å². The molecule has 0 aromatic heterocycles. The summed E-state index contributed by atoms with van der Waals surface area (Å²) in [5.41, 5.74) is -0.376. The van der Waals surface area contributed by atoms with Crippen LogP contribution in [0.15, 0.2) is 18.2 Å². The molecule has 0 spiro atoms. The smallest absolute Gasteiger partial charge is 0.314 e. The van der Waals surface area contributed by atoms with Crippen LogP contribution in [0.25, 0.3) is 0 Å². The molecule has 1 atom stereocenters. The van der Waals surface area contributed by atoms with Crippen molar-refractivity contribution >= 4 is 5.69 Å². The largest absolute Gasteiger partial charge is 0.389 e. The zero-order valence-electron chi connectivity index (χ0n) is 12.3. The van der Waals surface area contributed by atoms with Crippen LogP contribution in [0.4, 0.5) is 23.2 Å². The van der Waals surface area contributed by atoms with E-state index in [1.807, 2.05) is 4.90 Å². The first-order valence-corrected chi connectivity index (χ1v) is 7.23. The van der Waals surface area contributed by atoms with E-state index in [0.29, 0.717) is 31.7 Å². The molecule has 0 bridgehead atoms. The van der Waals surface area contributed by atoms with E-state index in [1.165, 1.54) is 6.07 Å². The summed E-state index contributed by atoms with van der Waals surface area (Å²) in [5.74, 6) is -0.992. The minimum Gasteiger partial charge on any atom is -0.314 e. The molecule has 5 nitrogen and oxygen atoms in total. The van der Waals surface area contributed by atoms with Crippen LogP contribution in [-0.2, 0) is 0 Å². The van der Waals surface area contributed by atoms with Crippen molar-refractivity contribution in [2.45, 2.75) is 25.1 Å². The van der Waals surface area contributed by atoms with Crippen molar-refractivity contribution in [2.75, 3.05) is 26.2 Å². The van der Waals surface area contributed by atoms with Crippen molar-refractivity contribution in [3.8, 4) is 0 Å². The van der Waals surface area contributed by atoms with E-state index in [2.05, 4.69) is 5.32 Å². The lowest BCUT2D eigenvalue weighted by Crippen LogP contribution is -2.45. The lowest BCUT2D eigenvalue weighted by atomic mass is 9.98. The number of nitro benzene ring substituents is 1. The highest BCUT2D eigenvalue weighted by atomic mass is 19.4. The second-order valence-electron chi connectivity index (χ2n) is 5.42. The molecule has 0 saturated carbocycles. The van der Waals surface area contributed by atoms with Crippen molar-refractivity contribution in [1.82, 2.24) is 10.2 Å². The fourth-order valence-electron chi connectivity index (χ4n) is 2.73. The summed E-state index contributed by atoms with van der Waals surface area (Å²) in [6.07, 6.45) is -5.52. The van der Waals surface area contributed by atoms with Crippen LogP contribution in [0, 0.1) is 15.9 Å². The Kier molecular flexibility index (Phi) is 5.53. The fourth-order valence-corrected chi connectivity index (χ4v) is 2.73. The number of halogens is 4. The van der Waals surface area contributed by atoms with Crippen molar-refractivity contribution in [2.24, 2.45) is 0 Å². The van der Waals surface area contributed by atoms with Gasteiger partial charge in [0.05, 0.1) is 4.92 Å². The highest BCUT2D eigenvalue weighted by Crippen LogP contribution is 2.33. The zero-order chi connectivity index (χ0) is 17.0. The van der Waals surface area contributed by atoms with Crippen LogP contribution in [0.2, 0.25) is 0 Å². The summed E-state index contributed by atoms with van der Waals surface area (Å²) in [5, 5.41) is 14.0. The standard InChI is InChI=1S/C14H17F4N3O2/c15-11-2-1-10(9-13(11)21(22)23)12(3-4-14(16,17)18)20-7-5-19-6-8-20/h1-2,9,12,19H,3-8H2/t12-/m1/s1. The van der Waals surface area contributed by atoms with Gasteiger partial charge in [-0.1, -0.05) is 6.07 Å². The van der Waals surface area contributed by atoms with Crippen LogP contribution < -0.4 is 5.32 Å². The molecule has 1 aliphatic rings. The summed E-state index contributed by atoms with van der Waals surface area (Å²) in [6, 6.07) is 2.68. The average molecular weight is 335 g/mol. The zero-order valence-corrected chi connectivity index (χ0v) is 12.3. The molecule has 0 aliphatic carbocycles. The van der Waals surface area contributed by atoms with Gasteiger partial charge in [0.1, 0.15) is 0 Å². The maximum Gasteiger partial charge on any atom is 0.389 e. The maximum atomic E-state index is 13.5. The summed E-state index contributed by atoms with van der Waals surface area (Å²) < 4.78 is 51.2. The molecule has 128 valence electrons. The Hall–Kier alpha value is -1.74. The average Bonchev–Trinajstić information content (AvgIpc) is 2.48. The fraction of sp³-hybridized carbons (Fsp3) is 0.571. The van der Waals surface area contributed by atoms with Crippen LogP contribution in [-0.4, -0.2) is 42.2 Å². The first-order chi connectivity index (χ1) is 10.8. The number of alkyl halides is 3. The number of rotatable bonds is 5. The van der Waals surface area contributed by atoms with Crippen LogP contribution in [0.5, 0.6) is 0 Å². The number of nitrogens with one attached hydrogen (secondary N) is 1. The molecule has 0 amide bonds. The molecular weight excluding hydrogens is 318 g/mol. The van der Waals surface area contributed by atoms with E-state index < -0.39 is 35.1 Å². The molecule has 0 unspecified atom stereocenters. The number of piperazine rings is 1. The Balaban J connectivity index is 2.28. The highest BCUT2D eigenvalue weighted by Gasteiger charge is 2.32. The maximum absolute atomic E-state index is 13.5. The summed E-state index contributed by atoms with van der Waals surface area (Å²) >= 11 is 0. The van der Waals surface area contributed by atoms with Crippen LogP contribution in [0.1, 0.15) is 24.4 Å². The van der Waals surface area contributed by atoms with Crippen molar-refractivity contribution in [1.29, 1.82) is 0 Å². The molecule has 1 aromatic carbocycles. The minimum atomic E-state index is -4.31. The molecule has 2 rings (SSSR count). The predicted octanol–water partition coefficient (Wildman–Crippen LogP) is 3.02. The van der Waals surface area contributed by atoms with Crippen molar-refractivity contribution in [3.63, 3.8) is 0 Å². The number of hydrogen-bond donors (Lipinski definition) is 1. The summed E-state index contributed by atoms with van der Waals surface area (Å²) in [6.45, 7) is 2.33. The van der Waals surface area contributed by atoms with Gasteiger partial charge in [-0.05, 0) is 18.1 Å². The Morgan fingerprint density at radius 2 is 1.96 bits per heavy atom. The van der Waals surface area contributed by atoms with E-state index in [1.54, 1.807) is 0 Å². The summed E-state index contributed by atoms with van der Waals surface area (Å²) in [7, 11) is 0. The van der Waals surface area contributed by atoms with Crippen LogP contribution >= 0.6 is 0 Å². The van der Waals surface area contributed by atoms with E-state index in [9.17, 15) is 27.7 Å². The Morgan fingerprint density at radius 3 is 2.52 bits per heavy atom. The quantitative estimate of drug-likeness (QED) is 0.510. The monoisotopic (exact) mass is 335 g/mol. The van der Waals surface area contributed by atoms with E-state index in [0.717, 1.165) is 12.1 Å². The Morgan fingerprint density at radius 1 is 1.30 bits per heavy atom. The highest BCUT2D eigenvalue weighted by molar-refractivity contribution is 5.37. The Bertz CT molecular complexity index is 559. The molecule has 1 N–H and O–H groups in total. The third-order valence-corrected chi connectivity index (χ3v) is 3.85. The number of nitro groups is 1. The van der Waals surface area contributed by atoms with Gasteiger partial charge < -0.3 is 5.32 Å². The lowest BCUT2D eigenvalue weighted by molar-refractivity contribution is -0.387. The predicted molar refractivity (Wildman–Crippen MR) is 75.5 cm³/mol. The third-order valence-electron chi connectivity index (χ3n) is 3.85. The first kappa shape index (κ1) is 17.6. The molecule has 1 aliphatic heterocycles. The van der Waals surface area contributed by atoms with Gasteiger partial charge in [0.25, 0.3) is 0 Å². The number of nitrogens with zero attached hydrogens (tertiary/aromatic N) is 2. The molecule has 23 heavy (non-hydrogen) atoms. The third kappa shape index (κ3) is 4.87. The molecule has 1 fully saturated rings. The van der Waals surface area contributed by atoms with Gasteiger partial charge in [-0.2, -0.15) is 17.6 Å². The molecule has 1 saturated heterocycles. The minimum absolute atomic E-state index is 0.216. The molecule has 1 heterocycles. The van der Waals surface area contributed by atoms with Crippen molar-refractivity contribution in [3.05, 3.63) is 39.7 Å². The molecule has 1 aromatic rings. The lowest BCUT2D eigenvalue weighted by Gasteiger charge is -2.35. The van der Waals surface area contributed by atoms with Gasteiger partial charge in [0.15, 0.2) is 0 Å². The molecule has 9 heteroatoms. The van der Waals surface area contributed by atoms with Crippen molar-refractivity contribution < 1.29 is 22.5 Å². The van der Waals surface area contributed by atoms with E-state index >= 15 is 0 Å². The van der Waals surface area contributed by atoms with E-state index in [-0.39, 0.29) is 6.42 Å². The normalized spacial score (nSPS) is 17.9. The number of benzene rings is 1. The summed E-state index contributed by atoms with van der Waals surface area (Å²) in [4.78, 5) is 11.8. The first-order valence-electron chi connectivity index (χ1n) is 7.23. The second-order valence-corrected chi connectivity index (χ2v) is 5.42. The molecular formula is C14H17F4N3O2. The topological polar surface area (TPSA) is 58.4 Å². The molecule has 0 radical (unpaired) electrons. The van der Waals surface area contributed by atoms with Crippen LogP contribution in [0.3, 0.4) is 0 Å². The van der Waals surface area contributed by atoms with Gasteiger partial charge in [-0.25, -0.2) is 0 Å².